The predicted octanol–water partition coefficient (Wildman–Crippen LogP) is 3.16. The van der Waals surface area contributed by atoms with E-state index in [1.807, 2.05) is 24.0 Å². The average Bonchev–Trinajstić information content (AvgIpc) is 2.91. The Hall–Kier alpha value is -0.330. The molecule has 1 unspecified atom stereocenters. The predicted molar refractivity (Wildman–Crippen MR) is 86.8 cm³/mol. The zero-order chi connectivity index (χ0) is 13.8. The first-order valence-electron chi connectivity index (χ1n) is 6.59. The molecule has 19 heavy (non-hydrogen) atoms. The maximum Gasteiger partial charge on any atom is 0.255 e. The average molecular weight is 393 g/mol. The van der Waals surface area contributed by atoms with Gasteiger partial charge in [0.2, 0.25) is 0 Å². The molecular formula is C14H18ClIN2O. The van der Waals surface area contributed by atoms with E-state index in [9.17, 15) is 4.79 Å². The third-order valence-corrected chi connectivity index (χ3v) is 4.61. The normalized spacial score (nSPS) is 18.6. The zero-order valence-corrected chi connectivity index (χ0v) is 13.9. The molecule has 5 heteroatoms. The molecule has 1 aliphatic rings. The minimum Gasteiger partial charge on any atom is -0.337 e. The molecule has 0 aromatic heterocycles. The van der Waals surface area contributed by atoms with Crippen molar-refractivity contribution in [3.63, 3.8) is 0 Å². The SMILES string of the molecule is CCN(CC1CCCN1)C(=O)c1cc(Cl)ccc1I. The van der Waals surface area contributed by atoms with E-state index in [0.717, 1.165) is 29.6 Å². The van der Waals surface area contributed by atoms with Gasteiger partial charge in [0.05, 0.1) is 5.56 Å². The molecule has 1 amide bonds. The number of amides is 1. The molecule has 0 bridgehead atoms. The van der Waals surface area contributed by atoms with E-state index in [0.29, 0.717) is 16.6 Å². The Morgan fingerprint density at radius 1 is 1.58 bits per heavy atom. The van der Waals surface area contributed by atoms with Crippen molar-refractivity contribution >= 4 is 40.1 Å². The van der Waals surface area contributed by atoms with Gasteiger partial charge in [0.1, 0.15) is 0 Å². The summed E-state index contributed by atoms with van der Waals surface area (Å²) in [6.07, 6.45) is 2.35. The molecule has 104 valence electrons. The molecule has 0 aliphatic carbocycles. The lowest BCUT2D eigenvalue weighted by molar-refractivity contribution is 0.0750. The first-order valence-corrected chi connectivity index (χ1v) is 8.05. The van der Waals surface area contributed by atoms with E-state index in [4.69, 9.17) is 11.6 Å². The molecule has 0 saturated carbocycles. The number of benzene rings is 1. The van der Waals surface area contributed by atoms with Crippen molar-refractivity contribution in [1.29, 1.82) is 0 Å². The molecule has 1 aromatic rings. The van der Waals surface area contributed by atoms with Gasteiger partial charge in [0, 0.05) is 27.7 Å². The highest BCUT2D eigenvalue weighted by atomic mass is 127. The van der Waals surface area contributed by atoms with E-state index in [2.05, 4.69) is 27.9 Å². The highest BCUT2D eigenvalue weighted by Gasteiger charge is 2.22. The molecule has 1 atom stereocenters. The summed E-state index contributed by atoms with van der Waals surface area (Å²) in [5.74, 6) is 0.0723. The largest absolute Gasteiger partial charge is 0.337 e. The molecule has 1 fully saturated rings. The van der Waals surface area contributed by atoms with Gasteiger partial charge in [0.25, 0.3) is 5.91 Å². The summed E-state index contributed by atoms with van der Waals surface area (Å²) in [6, 6.07) is 5.89. The van der Waals surface area contributed by atoms with E-state index >= 15 is 0 Å². The first-order chi connectivity index (χ1) is 9.11. The molecule has 3 nitrogen and oxygen atoms in total. The number of nitrogens with zero attached hydrogens (tertiary/aromatic N) is 1. The maximum atomic E-state index is 12.6. The topological polar surface area (TPSA) is 32.3 Å². The number of hydrogen-bond donors (Lipinski definition) is 1. The number of likely N-dealkylation sites (N-methyl/N-ethyl adjacent to an activating group) is 1. The van der Waals surface area contributed by atoms with Crippen LogP contribution in [0.1, 0.15) is 30.1 Å². The lowest BCUT2D eigenvalue weighted by Crippen LogP contribution is -2.41. The number of halogens is 2. The molecule has 0 radical (unpaired) electrons. The second kappa shape index (κ2) is 6.90. The Labute approximate surface area is 132 Å². The standard InChI is InChI=1S/C14H18ClIN2O/c1-2-18(9-11-4-3-7-17-11)14(19)12-8-10(15)5-6-13(12)16/h5-6,8,11,17H,2-4,7,9H2,1H3. The second-order valence-corrected chi connectivity index (χ2v) is 6.36. The lowest BCUT2D eigenvalue weighted by Gasteiger charge is -2.25. The number of rotatable bonds is 4. The molecule has 1 heterocycles. The van der Waals surface area contributed by atoms with E-state index in [1.165, 1.54) is 6.42 Å². The molecule has 0 spiro atoms. The summed E-state index contributed by atoms with van der Waals surface area (Å²) in [7, 11) is 0. The number of carbonyl (C=O) groups excluding carboxylic acids is 1. The summed E-state index contributed by atoms with van der Waals surface area (Å²) in [6.45, 7) is 4.58. The summed E-state index contributed by atoms with van der Waals surface area (Å²) in [5, 5.41) is 4.04. The quantitative estimate of drug-likeness (QED) is 0.798. The van der Waals surface area contributed by atoms with Gasteiger partial charge in [-0.2, -0.15) is 0 Å². The second-order valence-electron chi connectivity index (χ2n) is 4.76. The van der Waals surface area contributed by atoms with Crippen molar-refractivity contribution in [2.24, 2.45) is 0 Å². The Morgan fingerprint density at radius 3 is 3.00 bits per heavy atom. The summed E-state index contributed by atoms with van der Waals surface area (Å²) >= 11 is 8.18. The van der Waals surface area contributed by atoms with Crippen molar-refractivity contribution in [2.75, 3.05) is 19.6 Å². The van der Waals surface area contributed by atoms with Gasteiger partial charge < -0.3 is 10.2 Å². The third-order valence-electron chi connectivity index (χ3n) is 3.43. The van der Waals surface area contributed by atoms with Crippen molar-refractivity contribution in [3.05, 3.63) is 32.4 Å². The molecule has 1 saturated heterocycles. The van der Waals surface area contributed by atoms with Crippen LogP contribution in [0.5, 0.6) is 0 Å². The van der Waals surface area contributed by atoms with Crippen molar-refractivity contribution in [2.45, 2.75) is 25.8 Å². The van der Waals surface area contributed by atoms with Crippen molar-refractivity contribution < 1.29 is 4.79 Å². The van der Waals surface area contributed by atoms with Gasteiger partial charge in [-0.25, -0.2) is 0 Å². The van der Waals surface area contributed by atoms with Gasteiger partial charge >= 0.3 is 0 Å². The number of hydrogen-bond acceptors (Lipinski definition) is 2. The lowest BCUT2D eigenvalue weighted by atomic mass is 10.1. The van der Waals surface area contributed by atoms with Crippen LogP contribution in [-0.4, -0.2) is 36.5 Å². The van der Waals surface area contributed by atoms with Crippen LogP contribution >= 0.6 is 34.2 Å². The van der Waals surface area contributed by atoms with Gasteiger partial charge in [-0.15, -0.1) is 0 Å². The van der Waals surface area contributed by atoms with Crippen LogP contribution in [0.15, 0.2) is 18.2 Å². The number of nitrogens with one attached hydrogen (secondary N) is 1. The van der Waals surface area contributed by atoms with Gasteiger partial charge in [-0.1, -0.05) is 11.6 Å². The highest BCUT2D eigenvalue weighted by Crippen LogP contribution is 2.20. The Balaban J connectivity index is 2.12. The zero-order valence-electron chi connectivity index (χ0n) is 11.0. The third kappa shape index (κ3) is 3.83. The van der Waals surface area contributed by atoms with Crippen LogP contribution in [0.3, 0.4) is 0 Å². The smallest absolute Gasteiger partial charge is 0.255 e. The molecular weight excluding hydrogens is 375 g/mol. The van der Waals surface area contributed by atoms with Crippen LogP contribution in [0, 0.1) is 3.57 Å². The molecule has 1 aromatic carbocycles. The number of carbonyl (C=O) groups is 1. The Kier molecular flexibility index (Phi) is 5.47. The molecule has 1 aliphatic heterocycles. The van der Waals surface area contributed by atoms with Crippen LogP contribution < -0.4 is 5.32 Å². The molecule has 1 N–H and O–H groups in total. The van der Waals surface area contributed by atoms with Gasteiger partial charge in [-0.3, -0.25) is 4.79 Å². The molecule has 2 rings (SSSR count). The minimum absolute atomic E-state index is 0.0723. The maximum absolute atomic E-state index is 12.6. The Morgan fingerprint density at radius 2 is 2.37 bits per heavy atom. The fourth-order valence-electron chi connectivity index (χ4n) is 2.37. The monoisotopic (exact) mass is 392 g/mol. The highest BCUT2D eigenvalue weighted by molar-refractivity contribution is 14.1. The van der Waals surface area contributed by atoms with Crippen LogP contribution in [0.25, 0.3) is 0 Å². The van der Waals surface area contributed by atoms with E-state index in [1.54, 1.807) is 6.07 Å². The van der Waals surface area contributed by atoms with Gasteiger partial charge in [0.15, 0.2) is 0 Å². The van der Waals surface area contributed by atoms with Crippen molar-refractivity contribution in [1.82, 2.24) is 10.2 Å². The minimum atomic E-state index is 0.0723. The summed E-state index contributed by atoms with van der Waals surface area (Å²) in [5.41, 5.74) is 0.702. The van der Waals surface area contributed by atoms with E-state index < -0.39 is 0 Å². The summed E-state index contributed by atoms with van der Waals surface area (Å²) < 4.78 is 0.949. The fraction of sp³-hybridized carbons (Fsp3) is 0.500. The van der Waals surface area contributed by atoms with Crippen LogP contribution in [-0.2, 0) is 0 Å². The van der Waals surface area contributed by atoms with Crippen LogP contribution in [0.2, 0.25) is 5.02 Å². The summed E-state index contributed by atoms with van der Waals surface area (Å²) in [4.78, 5) is 14.5. The fourth-order valence-corrected chi connectivity index (χ4v) is 3.10. The van der Waals surface area contributed by atoms with Crippen molar-refractivity contribution in [3.8, 4) is 0 Å². The first kappa shape index (κ1) is 15.1. The van der Waals surface area contributed by atoms with Gasteiger partial charge in [-0.05, 0) is 67.1 Å². The van der Waals surface area contributed by atoms with Crippen LogP contribution in [0.4, 0.5) is 0 Å². The van der Waals surface area contributed by atoms with E-state index in [-0.39, 0.29) is 5.91 Å². The Bertz CT molecular complexity index is 461.